The SMILES string of the molecule is O=C(CC1(O)C(=O)N(Cc2ccccc2Cl)c2ccc(Br)cc21)c1ccccc1O. The molecule has 4 rings (SSSR count). The maximum Gasteiger partial charge on any atom is 0.264 e. The predicted molar refractivity (Wildman–Crippen MR) is 118 cm³/mol. The van der Waals surface area contributed by atoms with Crippen LogP contribution in [0.3, 0.4) is 0 Å². The summed E-state index contributed by atoms with van der Waals surface area (Å²) in [6.07, 6.45) is -0.494. The van der Waals surface area contributed by atoms with Crippen LogP contribution in [0.15, 0.2) is 71.2 Å². The maximum atomic E-state index is 13.4. The number of nitrogens with zero attached hydrogens (tertiary/aromatic N) is 1. The van der Waals surface area contributed by atoms with Crippen LogP contribution in [0.1, 0.15) is 27.9 Å². The number of rotatable bonds is 5. The molecule has 0 aliphatic carbocycles. The van der Waals surface area contributed by atoms with Crippen molar-refractivity contribution in [2.24, 2.45) is 0 Å². The number of hydrogen-bond donors (Lipinski definition) is 2. The molecule has 1 aliphatic heterocycles. The van der Waals surface area contributed by atoms with E-state index < -0.39 is 23.7 Å². The first-order chi connectivity index (χ1) is 14.3. The summed E-state index contributed by atoms with van der Waals surface area (Å²) in [5.74, 6) is -1.34. The third-order valence-corrected chi connectivity index (χ3v) is 6.06. The van der Waals surface area contributed by atoms with Crippen LogP contribution in [0.5, 0.6) is 5.75 Å². The number of halogens is 2. The van der Waals surface area contributed by atoms with E-state index in [9.17, 15) is 19.8 Å². The van der Waals surface area contributed by atoms with Crippen molar-refractivity contribution >= 4 is 44.9 Å². The van der Waals surface area contributed by atoms with Gasteiger partial charge in [-0.2, -0.15) is 0 Å². The van der Waals surface area contributed by atoms with Crippen molar-refractivity contribution in [3.8, 4) is 5.75 Å². The van der Waals surface area contributed by atoms with Crippen molar-refractivity contribution in [2.45, 2.75) is 18.6 Å². The van der Waals surface area contributed by atoms with Crippen LogP contribution in [0, 0.1) is 0 Å². The number of carbonyl (C=O) groups excluding carboxylic acids is 2. The number of ketones is 1. The van der Waals surface area contributed by atoms with Crippen molar-refractivity contribution < 1.29 is 19.8 Å². The second-order valence-corrected chi connectivity index (χ2v) is 8.44. The van der Waals surface area contributed by atoms with Crippen LogP contribution in [-0.2, 0) is 16.9 Å². The number of carbonyl (C=O) groups is 2. The second-order valence-electron chi connectivity index (χ2n) is 7.12. The molecule has 5 nitrogen and oxygen atoms in total. The number of hydrogen-bond acceptors (Lipinski definition) is 4. The zero-order valence-electron chi connectivity index (χ0n) is 15.7. The maximum absolute atomic E-state index is 13.4. The van der Waals surface area contributed by atoms with Crippen molar-refractivity contribution in [2.75, 3.05) is 4.90 Å². The Bertz CT molecular complexity index is 1170. The summed E-state index contributed by atoms with van der Waals surface area (Å²) in [6.45, 7) is 0.153. The molecule has 0 saturated carbocycles. The molecular weight excluding hydrogens is 470 g/mol. The zero-order valence-corrected chi connectivity index (χ0v) is 18.0. The predicted octanol–water partition coefficient (Wildman–Crippen LogP) is 4.82. The van der Waals surface area contributed by atoms with E-state index in [0.717, 1.165) is 5.56 Å². The van der Waals surface area contributed by atoms with E-state index in [1.807, 2.05) is 6.07 Å². The fourth-order valence-electron chi connectivity index (χ4n) is 3.68. The van der Waals surface area contributed by atoms with E-state index in [1.165, 1.54) is 17.0 Å². The number of para-hydroxylation sites is 1. The molecule has 1 aliphatic rings. The van der Waals surface area contributed by atoms with Gasteiger partial charge in [0.1, 0.15) is 5.75 Å². The van der Waals surface area contributed by atoms with E-state index >= 15 is 0 Å². The van der Waals surface area contributed by atoms with Gasteiger partial charge in [0.25, 0.3) is 5.91 Å². The quantitative estimate of drug-likeness (QED) is 0.507. The Morgan fingerprint density at radius 2 is 1.77 bits per heavy atom. The van der Waals surface area contributed by atoms with Crippen molar-refractivity contribution in [1.82, 2.24) is 0 Å². The average Bonchev–Trinajstić information content (AvgIpc) is 2.91. The minimum atomic E-state index is -2.06. The average molecular weight is 487 g/mol. The Morgan fingerprint density at radius 3 is 2.50 bits per heavy atom. The van der Waals surface area contributed by atoms with Gasteiger partial charge in [0.15, 0.2) is 11.4 Å². The molecule has 3 aromatic rings. The number of aromatic hydroxyl groups is 1. The normalized spacial score (nSPS) is 17.8. The van der Waals surface area contributed by atoms with Crippen molar-refractivity contribution in [3.05, 3.63) is 92.9 Å². The van der Waals surface area contributed by atoms with E-state index in [-0.39, 0.29) is 17.9 Å². The van der Waals surface area contributed by atoms with Crippen LogP contribution in [0.25, 0.3) is 0 Å². The highest BCUT2D eigenvalue weighted by molar-refractivity contribution is 9.10. The highest BCUT2D eigenvalue weighted by Gasteiger charge is 2.51. The third-order valence-electron chi connectivity index (χ3n) is 5.20. The van der Waals surface area contributed by atoms with Gasteiger partial charge in [-0.15, -0.1) is 0 Å². The fraction of sp³-hybridized carbons (Fsp3) is 0.130. The second kappa shape index (κ2) is 7.87. The Balaban J connectivity index is 1.74. The summed E-state index contributed by atoms with van der Waals surface area (Å²) >= 11 is 9.64. The minimum Gasteiger partial charge on any atom is -0.507 e. The summed E-state index contributed by atoms with van der Waals surface area (Å²) in [4.78, 5) is 27.7. The highest BCUT2D eigenvalue weighted by Crippen LogP contribution is 2.45. The van der Waals surface area contributed by atoms with Gasteiger partial charge in [0, 0.05) is 15.1 Å². The Morgan fingerprint density at radius 1 is 1.07 bits per heavy atom. The molecule has 0 radical (unpaired) electrons. The van der Waals surface area contributed by atoms with Gasteiger partial charge < -0.3 is 15.1 Å². The Kier molecular flexibility index (Phi) is 5.40. The molecular formula is C23H17BrClNO4. The first kappa shape index (κ1) is 20.6. The fourth-order valence-corrected chi connectivity index (χ4v) is 4.24. The van der Waals surface area contributed by atoms with E-state index in [1.54, 1.807) is 48.5 Å². The minimum absolute atomic E-state index is 0.0554. The first-order valence-corrected chi connectivity index (χ1v) is 10.4. The highest BCUT2D eigenvalue weighted by atomic mass is 79.9. The Labute approximate surface area is 186 Å². The number of fused-ring (bicyclic) bond motifs is 1. The van der Waals surface area contributed by atoms with Gasteiger partial charge >= 0.3 is 0 Å². The largest absolute Gasteiger partial charge is 0.507 e. The number of amides is 1. The lowest BCUT2D eigenvalue weighted by atomic mass is 9.88. The van der Waals surface area contributed by atoms with Crippen LogP contribution < -0.4 is 4.90 Å². The van der Waals surface area contributed by atoms with Crippen LogP contribution in [0.2, 0.25) is 5.02 Å². The summed E-state index contributed by atoms with van der Waals surface area (Å²) in [5.41, 5.74) is -0.439. The van der Waals surface area contributed by atoms with Gasteiger partial charge in [-0.25, -0.2) is 0 Å². The monoisotopic (exact) mass is 485 g/mol. The van der Waals surface area contributed by atoms with E-state index in [4.69, 9.17) is 11.6 Å². The molecule has 2 N–H and O–H groups in total. The molecule has 7 heteroatoms. The van der Waals surface area contributed by atoms with Crippen molar-refractivity contribution in [1.29, 1.82) is 0 Å². The number of phenols is 1. The smallest absolute Gasteiger partial charge is 0.264 e. The van der Waals surface area contributed by atoms with Crippen LogP contribution in [0.4, 0.5) is 5.69 Å². The number of Topliss-reactive ketones (excluding diaryl/α,β-unsaturated/α-hetero) is 1. The summed E-state index contributed by atoms with van der Waals surface area (Å²) in [5, 5.41) is 21.9. The van der Waals surface area contributed by atoms with E-state index in [0.29, 0.717) is 20.7 Å². The topological polar surface area (TPSA) is 77.8 Å². The van der Waals surface area contributed by atoms with Gasteiger partial charge in [0.05, 0.1) is 24.2 Å². The first-order valence-electron chi connectivity index (χ1n) is 9.20. The van der Waals surface area contributed by atoms with Gasteiger partial charge in [-0.05, 0) is 42.0 Å². The molecule has 30 heavy (non-hydrogen) atoms. The molecule has 1 amide bonds. The molecule has 3 aromatic carbocycles. The molecule has 152 valence electrons. The van der Waals surface area contributed by atoms with Crippen molar-refractivity contribution in [3.63, 3.8) is 0 Å². The molecule has 1 heterocycles. The lowest BCUT2D eigenvalue weighted by Crippen LogP contribution is -2.41. The van der Waals surface area contributed by atoms with E-state index in [2.05, 4.69) is 15.9 Å². The van der Waals surface area contributed by atoms with Gasteiger partial charge in [-0.3, -0.25) is 9.59 Å². The van der Waals surface area contributed by atoms with Crippen LogP contribution >= 0.6 is 27.5 Å². The van der Waals surface area contributed by atoms with Gasteiger partial charge in [0.2, 0.25) is 0 Å². The molecule has 0 spiro atoms. The summed E-state index contributed by atoms with van der Waals surface area (Å²) in [6, 6.07) is 18.3. The molecule has 0 aromatic heterocycles. The molecule has 0 saturated heterocycles. The summed E-state index contributed by atoms with van der Waals surface area (Å²) < 4.78 is 0.669. The van der Waals surface area contributed by atoms with Gasteiger partial charge in [-0.1, -0.05) is 57.9 Å². The number of anilines is 1. The Hall–Kier alpha value is -2.67. The lowest BCUT2D eigenvalue weighted by Gasteiger charge is -2.23. The molecule has 1 unspecified atom stereocenters. The zero-order chi connectivity index (χ0) is 21.5. The molecule has 0 bridgehead atoms. The standard InChI is InChI=1S/C23H17BrClNO4/c24-15-9-10-19-17(11-15)23(30,12-21(28)16-6-2-4-8-20(16)27)22(29)26(19)13-14-5-1-3-7-18(14)25/h1-11,27,30H,12-13H2. The number of phenolic OH excluding ortho intramolecular Hbond substituents is 1. The van der Waals surface area contributed by atoms with Crippen LogP contribution in [-0.4, -0.2) is 21.9 Å². The molecule has 1 atom stereocenters. The summed E-state index contributed by atoms with van der Waals surface area (Å²) in [7, 11) is 0. The molecule has 0 fully saturated rings. The third kappa shape index (κ3) is 3.51. The number of benzene rings is 3. The lowest BCUT2D eigenvalue weighted by molar-refractivity contribution is -0.136. The number of aliphatic hydroxyl groups is 1.